The molecule has 4 heteroatoms. The second kappa shape index (κ2) is 7.16. The van der Waals surface area contributed by atoms with Crippen LogP contribution >= 0.6 is 11.3 Å². The molecule has 1 heterocycles. The van der Waals surface area contributed by atoms with Gasteiger partial charge in [-0.1, -0.05) is 13.0 Å². The molecule has 0 spiro atoms. The Kier molecular flexibility index (Phi) is 5.24. The first-order chi connectivity index (χ1) is 9.33. The summed E-state index contributed by atoms with van der Waals surface area (Å²) in [5, 5.41) is 11.3. The van der Waals surface area contributed by atoms with Crippen molar-refractivity contribution in [3.8, 4) is 11.5 Å². The van der Waals surface area contributed by atoms with Gasteiger partial charge in [-0.25, -0.2) is 0 Å². The summed E-state index contributed by atoms with van der Waals surface area (Å²) in [7, 11) is 0. The van der Waals surface area contributed by atoms with E-state index in [1.165, 1.54) is 0 Å². The van der Waals surface area contributed by atoms with Crippen molar-refractivity contribution in [3.05, 3.63) is 46.2 Å². The van der Waals surface area contributed by atoms with Crippen LogP contribution in [0.1, 0.15) is 23.8 Å². The molecule has 0 saturated carbocycles. The second-order valence-corrected chi connectivity index (χ2v) is 5.18. The van der Waals surface area contributed by atoms with Crippen molar-refractivity contribution in [3.63, 3.8) is 0 Å². The monoisotopic (exact) mass is 278 g/mol. The third kappa shape index (κ3) is 3.98. The first-order valence-corrected chi connectivity index (χ1v) is 7.23. The minimum Gasteiger partial charge on any atom is -0.493 e. The predicted octanol–water partition coefficient (Wildman–Crippen LogP) is 3.61. The van der Waals surface area contributed by atoms with Crippen molar-refractivity contribution in [2.24, 2.45) is 0 Å². The molecule has 2 aromatic rings. The van der Waals surface area contributed by atoms with E-state index in [0.717, 1.165) is 22.6 Å². The molecule has 0 radical (unpaired) electrons. The van der Waals surface area contributed by atoms with E-state index in [-0.39, 0.29) is 6.61 Å². The summed E-state index contributed by atoms with van der Waals surface area (Å²) in [5.41, 5.74) is 0.778. The maximum absolute atomic E-state index is 9.32. The van der Waals surface area contributed by atoms with Gasteiger partial charge in [0.25, 0.3) is 0 Å². The van der Waals surface area contributed by atoms with Crippen molar-refractivity contribution < 1.29 is 14.6 Å². The molecule has 0 aliphatic carbocycles. The molecular weight excluding hydrogens is 260 g/mol. The van der Waals surface area contributed by atoms with E-state index in [1.54, 1.807) is 11.3 Å². The number of aliphatic hydroxyl groups excluding tert-OH is 1. The summed E-state index contributed by atoms with van der Waals surface area (Å²) in [6, 6.07) is 9.57. The average molecular weight is 278 g/mol. The number of hydrogen-bond donors (Lipinski definition) is 1. The highest BCUT2D eigenvalue weighted by Crippen LogP contribution is 2.26. The maximum atomic E-state index is 9.32. The lowest BCUT2D eigenvalue weighted by atomic mass is 10.2. The molecule has 1 N–H and O–H groups in total. The summed E-state index contributed by atoms with van der Waals surface area (Å²) in [6.07, 6.45) is 0.965. The summed E-state index contributed by atoms with van der Waals surface area (Å²) >= 11 is 1.65. The van der Waals surface area contributed by atoms with Gasteiger partial charge in [0.05, 0.1) is 13.2 Å². The van der Waals surface area contributed by atoms with Crippen LogP contribution in [0.3, 0.4) is 0 Å². The van der Waals surface area contributed by atoms with Crippen LogP contribution in [0.25, 0.3) is 0 Å². The van der Waals surface area contributed by atoms with Gasteiger partial charge in [0.15, 0.2) is 0 Å². The molecule has 0 fully saturated rings. The van der Waals surface area contributed by atoms with Crippen molar-refractivity contribution in [2.75, 3.05) is 6.61 Å². The Balaban J connectivity index is 2.07. The summed E-state index contributed by atoms with van der Waals surface area (Å²) < 4.78 is 11.3. The molecule has 0 saturated heterocycles. The number of rotatable bonds is 7. The van der Waals surface area contributed by atoms with Gasteiger partial charge >= 0.3 is 0 Å². The maximum Gasteiger partial charge on any atom is 0.129 e. The summed E-state index contributed by atoms with van der Waals surface area (Å²) in [5.74, 6) is 1.46. The van der Waals surface area contributed by atoms with Gasteiger partial charge in [-0.15, -0.1) is 11.3 Å². The lowest BCUT2D eigenvalue weighted by molar-refractivity contribution is 0.257. The van der Waals surface area contributed by atoms with Crippen LogP contribution < -0.4 is 9.47 Å². The smallest absolute Gasteiger partial charge is 0.129 e. The van der Waals surface area contributed by atoms with Gasteiger partial charge in [-0.05, 0) is 30.0 Å². The fourth-order valence-corrected chi connectivity index (χ4v) is 2.27. The van der Waals surface area contributed by atoms with E-state index in [1.807, 2.05) is 35.7 Å². The zero-order chi connectivity index (χ0) is 13.5. The highest BCUT2D eigenvalue weighted by molar-refractivity contribution is 7.09. The molecule has 102 valence electrons. The zero-order valence-corrected chi connectivity index (χ0v) is 11.8. The summed E-state index contributed by atoms with van der Waals surface area (Å²) in [4.78, 5) is 1.16. The van der Waals surface area contributed by atoms with Crippen molar-refractivity contribution in [1.29, 1.82) is 0 Å². The lowest BCUT2D eigenvalue weighted by Gasteiger charge is -2.12. The topological polar surface area (TPSA) is 38.7 Å². The van der Waals surface area contributed by atoms with Crippen molar-refractivity contribution >= 4 is 11.3 Å². The molecule has 0 bridgehead atoms. The molecule has 0 amide bonds. The van der Waals surface area contributed by atoms with Crippen molar-refractivity contribution in [2.45, 2.75) is 26.6 Å². The molecule has 0 aliphatic rings. The lowest BCUT2D eigenvalue weighted by Crippen LogP contribution is -2.00. The first kappa shape index (κ1) is 13.9. The Hall–Kier alpha value is -1.52. The van der Waals surface area contributed by atoms with Crippen LogP contribution in [0.2, 0.25) is 0 Å². The average Bonchev–Trinajstić information content (AvgIpc) is 2.96. The Morgan fingerprint density at radius 2 is 2.11 bits per heavy atom. The number of thiophene rings is 1. The van der Waals surface area contributed by atoms with Gasteiger partial charge in [0, 0.05) is 16.5 Å². The van der Waals surface area contributed by atoms with Gasteiger partial charge in [0.2, 0.25) is 0 Å². The Labute approximate surface area is 117 Å². The quantitative estimate of drug-likeness (QED) is 0.841. The fraction of sp³-hybridized carbons (Fsp3) is 0.333. The minimum absolute atomic E-state index is 0.0339. The highest BCUT2D eigenvalue weighted by atomic mass is 32.1. The van der Waals surface area contributed by atoms with Gasteiger partial charge in [-0.2, -0.15) is 0 Å². The van der Waals surface area contributed by atoms with E-state index < -0.39 is 0 Å². The normalized spacial score (nSPS) is 10.4. The van der Waals surface area contributed by atoms with E-state index in [4.69, 9.17) is 9.47 Å². The largest absolute Gasteiger partial charge is 0.493 e. The Morgan fingerprint density at radius 3 is 2.79 bits per heavy atom. The molecule has 19 heavy (non-hydrogen) atoms. The minimum atomic E-state index is -0.0339. The third-order valence-electron chi connectivity index (χ3n) is 2.63. The number of benzene rings is 1. The van der Waals surface area contributed by atoms with Crippen LogP contribution in [0, 0.1) is 0 Å². The molecule has 3 nitrogen and oxygen atoms in total. The van der Waals surface area contributed by atoms with Gasteiger partial charge in [-0.3, -0.25) is 0 Å². The highest BCUT2D eigenvalue weighted by Gasteiger charge is 2.06. The zero-order valence-electron chi connectivity index (χ0n) is 11.0. The molecule has 0 atom stereocenters. The molecule has 1 aromatic heterocycles. The Bertz CT molecular complexity index is 494. The fourth-order valence-electron chi connectivity index (χ4n) is 1.65. The molecule has 1 aromatic carbocycles. The van der Waals surface area contributed by atoms with E-state index in [2.05, 4.69) is 6.92 Å². The number of hydrogen-bond acceptors (Lipinski definition) is 4. The van der Waals surface area contributed by atoms with Crippen molar-refractivity contribution in [1.82, 2.24) is 0 Å². The molecule has 0 unspecified atom stereocenters. The van der Waals surface area contributed by atoms with E-state index in [9.17, 15) is 5.11 Å². The van der Waals surface area contributed by atoms with Gasteiger partial charge < -0.3 is 14.6 Å². The predicted molar refractivity (Wildman–Crippen MR) is 76.8 cm³/mol. The molecular formula is C15H18O3S. The second-order valence-electron chi connectivity index (χ2n) is 4.14. The van der Waals surface area contributed by atoms with Crippen LogP contribution in [0.15, 0.2) is 35.7 Å². The standard InChI is InChI=1S/C15H18O3S/c1-2-7-17-13-6-5-12(10-16)15(9-13)18-11-14-4-3-8-19-14/h3-6,8-9,16H,2,7,10-11H2,1H3. The molecule has 2 rings (SSSR count). The van der Waals surface area contributed by atoms with E-state index >= 15 is 0 Å². The van der Waals surface area contributed by atoms with Crippen LogP contribution in [0.4, 0.5) is 0 Å². The molecule has 0 aliphatic heterocycles. The third-order valence-corrected chi connectivity index (χ3v) is 3.48. The van der Waals surface area contributed by atoms with Crippen LogP contribution in [-0.4, -0.2) is 11.7 Å². The number of ether oxygens (including phenoxy) is 2. The summed E-state index contributed by atoms with van der Waals surface area (Å²) in [6.45, 7) is 3.23. The SMILES string of the molecule is CCCOc1ccc(CO)c(OCc2cccs2)c1. The van der Waals surface area contributed by atoms with E-state index in [0.29, 0.717) is 19.0 Å². The first-order valence-electron chi connectivity index (χ1n) is 6.35. The van der Waals surface area contributed by atoms with Crippen LogP contribution in [0.5, 0.6) is 11.5 Å². The van der Waals surface area contributed by atoms with Gasteiger partial charge in [0.1, 0.15) is 18.1 Å². The van der Waals surface area contributed by atoms with Crippen LogP contribution in [-0.2, 0) is 13.2 Å². The Morgan fingerprint density at radius 1 is 1.21 bits per heavy atom. The number of aliphatic hydroxyl groups is 1.